The zero-order valence-electron chi connectivity index (χ0n) is 14.8. The number of fused-ring (bicyclic) bond motifs is 3. The number of nitrogens with zero attached hydrogens (tertiary/aromatic N) is 2. The Kier molecular flexibility index (Phi) is 4.73. The van der Waals surface area contributed by atoms with E-state index in [1.54, 1.807) is 0 Å². The number of hydrogen-bond donors (Lipinski definition) is 0. The van der Waals surface area contributed by atoms with Crippen LogP contribution in [0.5, 0.6) is 0 Å². The molecule has 4 rings (SSSR count). The average molecular weight is 413 g/mol. The molecule has 0 saturated carbocycles. The molecular weight excluding hydrogens is 396 g/mol. The lowest BCUT2D eigenvalue weighted by molar-refractivity contribution is -0.137. The van der Waals surface area contributed by atoms with Gasteiger partial charge in [0.15, 0.2) is 0 Å². The molecule has 1 fully saturated rings. The lowest BCUT2D eigenvalue weighted by atomic mass is 9.95. The Balaban J connectivity index is 1.84. The number of piperidine rings is 1. The van der Waals surface area contributed by atoms with E-state index in [-0.39, 0.29) is 28.7 Å². The molecule has 2 aromatic rings. The minimum Gasteiger partial charge on any atom is -0.358 e. The van der Waals surface area contributed by atoms with E-state index in [9.17, 15) is 22.4 Å². The number of anilines is 2. The van der Waals surface area contributed by atoms with Crippen molar-refractivity contribution in [3.63, 3.8) is 0 Å². The first-order valence-electron chi connectivity index (χ1n) is 8.99. The molecule has 0 N–H and O–H groups in total. The van der Waals surface area contributed by atoms with Crippen molar-refractivity contribution >= 4 is 28.9 Å². The molecule has 2 aliphatic heterocycles. The molecule has 28 heavy (non-hydrogen) atoms. The van der Waals surface area contributed by atoms with E-state index in [2.05, 4.69) is 0 Å². The number of alkyl halides is 3. The van der Waals surface area contributed by atoms with Crippen LogP contribution < -0.4 is 9.80 Å². The first-order chi connectivity index (χ1) is 13.3. The first kappa shape index (κ1) is 19.1. The zero-order chi connectivity index (χ0) is 20.1. The summed E-state index contributed by atoms with van der Waals surface area (Å²) in [6, 6.07) is 7.09. The maximum Gasteiger partial charge on any atom is 0.416 e. The molecule has 2 heterocycles. The van der Waals surface area contributed by atoms with Crippen molar-refractivity contribution in [2.45, 2.75) is 38.0 Å². The molecule has 1 amide bonds. The molecule has 0 aromatic heterocycles. The van der Waals surface area contributed by atoms with Crippen molar-refractivity contribution in [1.82, 2.24) is 0 Å². The fourth-order valence-electron chi connectivity index (χ4n) is 3.94. The normalized spacial score (nSPS) is 19.5. The fraction of sp³-hybridized carbons (Fsp3) is 0.350. The van der Waals surface area contributed by atoms with E-state index in [0.29, 0.717) is 18.7 Å². The number of amides is 1. The van der Waals surface area contributed by atoms with E-state index in [1.165, 1.54) is 29.2 Å². The minimum absolute atomic E-state index is 0.0881. The lowest BCUT2D eigenvalue weighted by Crippen LogP contribution is -2.55. The van der Waals surface area contributed by atoms with Gasteiger partial charge >= 0.3 is 6.18 Å². The summed E-state index contributed by atoms with van der Waals surface area (Å²) in [6.45, 7) is 0.381. The van der Waals surface area contributed by atoms with Crippen LogP contribution in [0.15, 0.2) is 36.4 Å². The van der Waals surface area contributed by atoms with Crippen LogP contribution in [0.25, 0.3) is 0 Å². The number of benzene rings is 2. The van der Waals surface area contributed by atoms with Gasteiger partial charge in [0.25, 0.3) is 0 Å². The van der Waals surface area contributed by atoms with Crippen LogP contribution in [0.1, 0.15) is 30.4 Å². The summed E-state index contributed by atoms with van der Waals surface area (Å²) < 4.78 is 54.1. The maximum atomic E-state index is 14.3. The van der Waals surface area contributed by atoms with Crippen molar-refractivity contribution in [1.29, 1.82) is 0 Å². The van der Waals surface area contributed by atoms with E-state index >= 15 is 0 Å². The Morgan fingerprint density at radius 3 is 2.61 bits per heavy atom. The molecule has 1 atom stereocenters. The van der Waals surface area contributed by atoms with Gasteiger partial charge in [-0.1, -0.05) is 17.7 Å². The lowest BCUT2D eigenvalue weighted by Gasteiger charge is -2.45. The predicted molar refractivity (Wildman–Crippen MR) is 99.0 cm³/mol. The van der Waals surface area contributed by atoms with Crippen LogP contribution in [-0.2, 0) is 17.5 Å². The van der Waals surface area contributed by atoms with E-state index < -0.39 is 23.6 Å². The van der Waals surface area contributed by atoms with Crippen molar-refractivity contribution in [3.8, 4) is 0 Å². The Morgan fingerprint density at radius 1 is 1.11 bits per heavy atom. The molecule has 0 radical (unpaired) electrons. The molecule has 1 unspecified atom stereocenters. The SMILES string of the molecule is O=C1C2CCCCN2c2ccc(C(F)(F)F)cc2N1Cc1c(F)cccc1Cl. The van der Waals surface area contributed by atoms with E-state index in [0.717, 1.165) is 25.0 Å². The second-order valence-corrected chi connectivity index (χ2v) is 7.44. The van der Waals surface area contributed by atoms with E-state index in [1.807, 2.05) is 4.90 Å². The molecule has 0 aliphatic carbocycles. The molecule has 2 aliphatic rings. The van der Waals surface area contributed by atoms with Crippen molar-refractivity contribution in [3.05, 3.63) is 58.4 Å². The van der Waals surface area contributed by atoms with E-state index in [4.69, 9.17) is 11.6 Å². The highest BCUT2D eigenvalue weighted by molar-refractivity contribution is 6.31. The summed E-state index contributed by atoms with van der Waals surface area (Å²) in [4.78, 5) is 16.2. The van der Waals surface area contributed by atoms with Crippen molar-refractivity contribution < 1.29 is 22.4 Å². The highest BCUT2D eigenvalue weighted by Crippen LogP contribution is 2.43. The molecule has 8 heteroatoms. The highest BCUT2D eigenvalue weighted by Gasteiger charge is 2.41. The van der Waals surface area contributed by atoms with Gasteiger partial charge in [0.2, 0.25) is 5.91 Å². The van der Waals surface area contributed by atoms with Gasteiger partial charge < -0.3 is 9.80 Å². The third-order valence-corrected chi connectivity index (χ3v) is 5.69. The number of halogens is 5. The van der Waals surface area contributed by atoms with Crippen LogP contribution in [-0.4, -0.2) is 18.5 Å². The highest BCUT2D eigenvalue weighted by atomic mass is 35.5. The van der Waals surface area contributed by atoms with Gasteiger partial charge in [0, 0.05) is 17.1 Å². The third kappa shape index (κ3) is 3.21. The summed E-state index contributed by atoms with van der Waals surface area (Å²) in [7, 11) is 0. The predicted octanol–water partition coefficient (Wildman–Crippen LogP) is 5.40. The molecule has 2 aromatic carbocycles. The Bertz CT molecular complexity index is 911. The minimum atomic E-state index is -4.54. The van der Waals surface area contributed by atoms with Gasteiger partial charge in [-0.05, 0) is 49.6 Å². The fourth-order valence-corrected chi connectivity index (χ4v) is 4.16. The van der Waals surface area contributed by atoms with Crippen LogP contribution in [0.2, 0.25) is 5.02 Å². The molecule has 148 valence electrons. The van der Waals surface area contributed by atoms with Gasteiger partial charge in [-0.15, -0.1) is 0 Å². The number of rotatable bonds is 2. The molecule has 0 bridgehead atoms. The smallest absolute Gasteiger partial charge is 0.358 e. The van der Waals surface area contributed by atoms with Crippen LogP contribution in [0.4, 0.5) is 28.9 Å². The summed E-state index contributed by atoms with van der Waals surface area (Å²) in [6.07, 6.45) is -2.21. The first-order valence-corrected chi connectivity index (χ1v) is 9.37. The summed E-state index contributed by atoms with van der Waals surface area (Å²) in [5, 5.41) is 0.132. The van der Waals surface area contributed by atoms with Crippen LogP contribution >= 0.6 is 11.6 Å². The van der Waals surface area contributed by atoms with Gasteiger partial charge in [0.1, 0.15) is 11.9 Å². The molecule has 0 spiro atoms. The Morgan fingerprint density at radius 2 is 1.89 bits per heavy atom. The van der Waals surface area contributed by atoms with Gasteiger partial charge in [-0.3, -0.25) is 4.79 Å². The van der Waals surface area contributed by atoms with Crippen molar-refractivity contribution in [2.24, 2.45) is 0 Å². The van der Waals surface area contributed by atoms with Gasteiger partial charge in [-0.25, -0.2) is 4.39 Å². The molecule has 3 nitrogen and oxygen atoms in total. The van der Waals surface area contributed by atoms with Gasteiger partial charge in [0.05, 0.1) is 23.5 Å². The average Bonchev–Trinajstić information content (AvgIpc) is 2.66. The number of carbonyl (C=O) groups is 1. The van der Waals surface area contributed by atoms with Crippen LogP contribution in [0, 0.1) is 5.82 Å². The zero-order valence-corrected chi connectivity index (χ0v) is 15.5. The summed E-state index contributed by atoms with van der Waals surface area (Å²) in [5.41, 5.74) is -0.0636. The van der Waals surface area contributed by atoms with Gasteiger partial charge in [-0.2, -0.15) is 13.2 Å². The number of carbonyl (C=O) groups excluding carboxylic acids is 1. The molecule has 1 saturated heterocycles. The summed E-state index contributed by atoms with van der Waals surface area (Å²) >= 11 is 6.10. The third-order valence-electron chi connectivity index (χ3n) is 5.33. The topological polar surface area (TPSA) is 23.6 Å². The summed E-state index contributed by atoms with van der Waals surface area (Å²) in [5.74, 6) is -0.925. The molecular formula is C20H17ClF4N2O. The monoisotopic (exact) mass is 412 g/mol. The second-order valence-electron chi connectivity index (χ2n) is 7.03. The maximum absolute atomic E-state index is 14.3. The number of hydrogen-bond acceptors (Lipinski definition) is 2. The Labute approximate surface area is 164 Å². The Hall–Kier alpha value is -2.28. The van der Waals surface area contributed by atoms with Crippen LogP contribution in [0.3, 0.4) is 0 Å². The largest absolute Gasteiger partial charge is 0.416 e. The van der Waals surface area contributed by atoms with Crippen molar-refractivity contribution in [2.75, 3.05) is 16.3 Å². The quantitative estimate of drug-likeness (QED) is 0.616. The standard InChI is InChI=1S/C20H17ClF4N2O/c21-14-4-3-5-15(22)13(14)11-27-18-10-12(20(23,24)25)7-8-16(18)26-9-2-1-6-17(26)19(27)28/h3-5,7-8,10,17H,1-2,6,9,11H2. The second kappa shape index (κ2) is 6.95.